The van der Waals surface area contributed by atoms with Crippen molar-refractivity contribution in [3.8, 4) is 0 Å². The lowest BCUT2D eigenvalue weighted by atomic mass is 10.1. The highest BCUT2D eigenvalue weighted by molar-refractivity contribution is 14.1. The minimum absolute atomic E-state index is 0.264. The predicted molar refractivity (Wildman–Crippen MR) is 85.1 cm³/mol. The van der Waals surface area contributed by atoms with Crippen LogP contribution in [0.4, 0.5) is 0 Å². The zero-order valence-corrected chi connectivity index (χ0v) is 13.7. The number of nitrogens with one attached hydrogen (secondary N) is 1. The van der Waals surface area contributed by atoms with E-state index in [4.69, 9.17) is 0 Å². The van der Waals surface area contributed by atoms with Crippen molar-refractivity contribution in [2.75, 3.05) is 6.54 Å². The molecule has 0 fully saturated rings. The lowest BCUT2D eigenvalue weighted by molar-refractivity contribution is 0.597. The number of aromatic nitrogens is 2. The molecule has 0 aliphatic heterocycles. The van der Waals surface area contributed by atoms with Gasteiger partial charge in [0.2, 0.25) is 0 Å². The Morgan fingerprint density at radius 1 is 1.44 bits per heavy atom. The van der Waals surface area contributed by atoms with Gasteiger partial charge in [0, 0.05) is 18.3 Å². The minimum Gasteiger partial charge on any atom is -0.306 e. The molecule has 1 N–H and O–H groups in total. The van der Waals surface area contributed by atoms with E-state index in [1.807, 2.05) is 10.9 Å². The summed E-state index contributed by atoms with van der Waals surface area (Å²) in [5.74, 6) is 0. The summed E-state index contributed by atoms with van der Waals surface area (Å²) in [6.45, 7) is 6.25. The van der Waals surface area contributed by atoms with Crippen molar-refractivity contribution in [2.45, 2.75) is 32.9 Å². The molecule has 1 atom stereocenters. The van der Waals surface area contributed by atoms with Crippen molar-refractivity contribution >= 4 is 33.9 Å². The number of thiophene rings is 1. The van der Waals surface area contributed by atoms with Gasteiger partial charge in [-0.3, -0.25) is 4.68 Å². The number of hydrogen-bond acceptors (Lipinski definition) is 3. The van der Waals surface area contributed by atoms with Crippen LogP contribution in [0.25, 0.3) is 0 Å². The number of halogens is 1. The average molecular weight is 375 g/mol. The fraction of sp³-hybridized carbons (Fsp3) is 0.462. The molecule has 0 aliphatic rings. The fourth-order valence-electron chi connectivity index (χ4n) is 1.99. The molecule has 0 bridgehead atoms. The average Bonchev–Trinajstić information content (AvgIpc) is 2.96. The Bertz CT molecular complexity index is 492. The van der Waals surface area contributed by atoms with Gasteiger partial charge < -0.3 is 5.32 Å². The second-order valence-electron chi connectivity index (χ2n) is 4.21. The second kappa shape index (κ2) is 6.68. The van der Waals surface area contributed by atoms with E-state index in [0.29, 0.717) is 0 Å². The van der Waals surface area contributed by atoms with Crippen LogP contribution in [0.5, 0.6) is 0 Å². The number of rotatable bonds is 6. The topological polar surface area (TPSA) is 29.9 Å². The van der Waals surface area contributed by atoms with E-state index in [-0.39, 0.29) is 6.04 Å². The molecule has 0 spiro atoms. The van der Waals surface area contributed by atoms with E-state index in [0.717, 1.165) is 19.5 Å². The fourth-order valence-corrected chi connectivity index (χ4v) is 3.38. The van der Waals surface area contributed by atoms with Crippen molar-refractivity contribution in [3.63, 3.8) is 0 Å². The van der Waals surface area contributed by atoms with Crippen LogP contribution in [0.1, 0.15) is 37.4 Å². The Labute approximate surface area is 126 Å². The van der Waals surface area contributed by atoms with Crippen LogP contribution in [-0.2, 0) is 6.54 Å². The van der Waals surface area contributed by atoms with Crippen LogP contribution in [0.3, 0.4) is 0 Å². The van der Waals surface area contributed by atoms with E-state index in [9.17, 15) is 0 Å². The maximum absolute atomic E-state index is 4.42. The van der Waals surface area contributed by atoms with Gasteiger partial charge in [0.15, 0.2) is 0 Å². The van der Waals surface area contributed by atoms with Crippen LogP contribution < -0.4 is 5.32 Å². The van der Waals surface area contributed by atoms with Crippen LogP contribution >= 0.6 is 33.9 Å². The Kier molecular flexibility index (Phi) is 5.20. The maximum atomic E-state index is 4.42. The van der Waals surface area contributed by atoms with Crippen LogP contribution in [0.15, 0.2) is 23.8 Å². The van der Waals surface area contributed by atoms with E-state index >= 15 is 0 Å². The summed E-state index contributed by atoms with van der Waals surface area (Å²) in [5, 5.41) is 10.2. The molecule has 98 valence electrons. The van der Waals surface area contributed by atoms with Gasteiger partial charge in [-0.05, 0) is 52.6 Å². The highest BCUT2D eigenvalue weighted by Gasteiger charge is 2.16. The summed E-state index contributed by atoms with van der Waals surface area (Å²) in [7, 11) is 0. The molecule has 18 heavy (non-hydrogen) atoms. The smallest absolute Gasteiger partial charge is 0.0656 e. The summed E-state index contributed by atoms with van der Waals surface area (Å²) < 4.78 is 3.35. The van der Waals surface area contributed by atoms with E-state index in [1.54, 1.807) is 11.3 Å². The molecular weight excluding hydrogens is 357 g/mol. The molecule has 1 unspecified atom stereocenters. The lowest BCUT2D eigenvalue weighted by Gasteiger charge is -2.14. The highest BCUT2D eigenvalue weighted by Crippen LogP contribution is 2.27. The quantitative estimate of drug-likeness (QED) is 0.781. The lowest BCUT2D eigenvalue weighted by Crippen LogP contribution is -2.21. The zero-order chi connectivity index (χ0) is 13.0. The highest BCUT2D eigenvalue weighted by atomic mass is 127. The molecular formula is C13H18IN3S. The molecule has 2 rings (SSSR count). The Hall–Kier alpha value is -0.400. The molecule has 0 saturated heterocycles. The van der Waals surface area contributed by atoms with E-state index in [1.165, 1.54) is 14.0 Å². The largest absolute Gasteiger partial charge is 0.306 e. The molecule has 0 amide bonds. The van der Waals surface area contributed by atoms with Crippen molar-refractivity contribution in [3.05, 3.63) is 37.9 Å². The van der Waals surface area contributed by atoms with Gasteiger partial charge in [-0.2, -0.15) is 5.10 Å². The second-order valence-corrected chi connectivity index (χ2v) is 7.02. The molecule has 3 nitrogen and oxygen atoms in total. The summed E-state index contributed by atoms with van der Waals surface area (Å²) in [6, 6.07) is 2.51. The third-order valence-corrected chi connectivity index (χ3v) is 4.58. The first kappa shape index (κ1) is 14.0. The van der Waals surface area contributed by atoms with Crippen molar-refractivity contribution in [1.82, 2.24) is 15.1 Å². The van der Waals surface area contributed by atoms with E-state index in [2.05, 4.69) is 64.5 Å². The first-order valence-corrected chi connectivity index (χ1v) is 8.20. The monoisotopic (exact) mass is 375 g/mol. The molecule has 2 aromatic heterocycles. The number of aryl methyl sites for hydroxylation is 1. The molecule has 2 heterocycles. The van der Waals surface area contributed by atoms with Gasteiger partial charge in [0.05, 0.1) is 15.1 Å². The molecule has 0 aromatic carbocycles. The van der Waals surface area contributed by atoms with Gasteiger partial charge in [0.1, 0.15) is 0 Å². The maximum Gasteiger partial charge on any atom is 0.0656 e. The Morgan fingerprint density at radius 3 is 2.89 bits per heavy atom. The summed E-state index contributed by atoms with van der Waals surface area (Å²) in [5.41, 5.74) is 2.58. The van der Waals surface area contributed by atoms with Crippen LogP contribution in [0, 0.1) is 2.88 Å². The third-order valence-electron chi connectivity index (χ3n) is 2.77. The van der Waals surface area contributed by atoms with Crippen LogP contribution in [-0.4, -0.2) is 16.3 Å². The predicted octanol–water partition coefficient (Wildman–Crippen LogP) is 3.66. The van der Waals surface area contributed by atoms with Gasteiger partial charge in [-0.25, -0.2) is 0 Å². The minimum atomic E-state index is 0.264. The molecule has 2 aromatic rings. The first-order chi connectivity index (χ1) is 8.74. The van der Waals surface area contributed by atoms with Crippen molar-refractivity contribution in [1.29, 1.82) is 0 Å². The Balaban J connectivity index is 2.23. The molecule has 0 radical (unpaired) electrons. The summed E-state index contributed by atoms with van der Waals surface area (Å²) in [6.07, 6.45) is 5.25. The summed E-state index contributed by atoms with van der Waals surface area (Å²) >= 11 is 4.16. The SMILES string of the molecule is CCCn1cc(C(NCC)c2csc(I)c2)cn1. The molecule has 0 saturated carbocycles. The van der Waals surface area contributed by atoms with Gasteiger partial charge in [0.25, 0.3) is 0 Å². The van der Waals surface area contributed by atoms with Gasteiger partial charge in [-0.15, -0.1) is 11.3 Å². The number of nitrogens with zero attached hydrogens (tertiary/aromatic N) is 2. The number of hydrogen-bond donors (Lipinski definition) is 1. The van der Waals surface area contributed by atoms with Gasteiger partial charge >= 0.3 is 0 Å². The third kappa shape index (κ3) is 3.33. The molecule has 5 heteroatoms. The van der Waals surface area contributed by atoms with E-state index < -0.39 is 0 Å². The molecule has 0 aliphatic carbocycles. The zero-order valence-electron chi connectivity index (χ0n) is 10.7. The summed E-state index contributed by atoms with van der Waals surface area (Å²) in [4.78, 5) is 0. The van der Waals surface area contributed by atoms with Gasteiger partial charge in [-0.1, -0.05) is 13.8 Å². The normalized spacial score (nSPS) is 12.8. The van der Waals surface area contributed by atoms with Crippen LogP contribution in [0.2, 0.25) is 0 Å². The first-order valence-electron chi connectivity index (χ1n) is 6.24. The van der Waals surface area contributed by atoms with Crippen molar-refractivity contribution < 1.29 is 0 Å². The standard InChI is InChI=1S/C13H18IN3S/c1-3-5-17-8-11(7-16-17)13(15-4-2)10-6-12(14)18-9-10/h6-9,13,15H,3-5H2,1-2H3. The van der Waals surface area contributed by atoms with Crippen molar-refractivity contribution in [2.24, 2.45) is 0 Å². The Morgan fingerprint density at radius 2 is 2.28 bits per heavy atom.